The van der Waals surface area contributed by atoms with E-state index in [4.69, 9.17) is 0 Å². The molecule has 0 radical (unpaired) electrons. The van der Waals surface area contributed by atoms with E-state index < -0.39 is 0 Å². The van der Waals surface area contributed by atoms with Crippen LogP contribution in [0.2, 0.25) is 0 Å². The second-order valence-corrected chi connectivity index (χ2v) is 6.09. The van der Waals surface area contributed by atoms with E-state index in [9.17, 15) is 4.39 Å². The third kappa shape index (κ3) is 5.03. The summed E-state index contributed by atoms with van der Waals surface area (Å²) in [5, 5.41) is 4.30. The summed E-state index contributed by atoms with van der Waals surface area (Å²) in [6.07, 6.45) is 5.24. The van der Waals surface area contributed by atoms with Crippen molar-refractivity contribution >= 4 is 35.7 Å². The first kappa shape index (κ1) is 21.1. The zero-order chi connectivity index (χ0) is 15.4. The van der Waals surface area contributed by atoms with Gasteiger partial charge >= 0.3 is 0 Å². The molecule has 1 saturated heterocycles. The highest BCUT2D eigenvalue weighted by Gasteiger charge is 2.21. The average Bonchev–Trinajstić information content (AvgIpc) is 2.55. The SMILES string of the molecule is CCCN(Cc1cc(F)cc2cccnc12)C1CCNCC1.Cl.Cl. The van der Waals surface area contributed by atoms with Gasteiger partial charge in [-0.05, 0) is 62.7 Å². The number of pyridine rings is 1. The lowest BCUT2D eigenvalue weighted by molar-refractivity contribution is 0.154. The Morgan fingerprint density at radius 3 is 2.71 bits per heavy atom. The maximum Gasteiger partial charge on any atom is 0.124 e. The number of hydrogen-bond donors (Lipinski definition) is 1. The van der Waals surface area contributed by atoms with E-state index >= 15 is 0 Å². The summed E-state index contributed by atoms with van der Waals surface area (Å²) in [5.41, 5.74) is 1.93. The molecule has 0 bridgehead atoms. The number of aromatic nitrogens is 1. The molecule has 2 aromatic rings. The fourth-order valence-electron chi connectivity index (χ4n) is 3.42. The van der Waals surface area contributed by atoms with Crippen LogP contribution in [0.4, 0.5) is 4.39 Å². The van der Waals surface area contributed by atoms with Gasteiger partial charge in [-0.25, -0.2) is 4.39 Å². The van der Waals surface area contributed by atoms with E-state index in [2.05, 4.69) is 22.1 Å². The molecule has 0 unspecified atom stereocenters. The summed E-state index contributed by atoms with van der Waals surface area (Å²) in [7, 11) is 0. The topological polar surface area (TPSA) is 28.2 Å². The Morgan fingerprint density at radius 1 is 1.25 bits per heavy atom. The summed E-state index contributed by atoms with van der Waals surface area (Å²) >= 11 is 0. The van der Waals surface area contributed by atoms with Crippen LogP contribution in [0.25, 0.3) is 10.9 Å². The van der Waals surface area contributed by atoms with Crippen LogP contribution in [-0.2, 0) is 6.54 Å². The predicted molar refractivity (Wildman–Crippen MR) is 103 cm³/mol. The maximum absolute atomic E-state index is 13.9. The van der Waals surface area contributed by atoms with Crippen LogP contribution in [-0.4, -0.2) is 35.6 Å². The molecule has 2 heterocycles. The molecular weight excluding hydrogens is 348 g/mol. The van der Waals surface area contributed by atoms with Crippen molar-refractivity contribution in [2.45, 2.75) is 38.8 Å². The van der Waals surface area contributed by atoms with Crippen LogP contribution in [0.3, 0.4) is 0 Å². The average molecular weight is 374 g/mol. The van der Waals surface area contributed by atoms with Crippen LogP contribution >= 0.6 is 24.8 Å². The minimum atomic E-state index is -0.169. The lowest BCUT2D eigenvalue weighted by Crippen LogP contribution is -2.43. The molecule has 0 spiro atoms. The smallest absolute Gasteiger partial charge is 0.124 e. The fourth-order valence-corrected chi connectivity index (χ4v) is 3.42. The Hall–Kier alpha value is -0.940. The Balaban J connectivity index is 0.00000144. The van der Waals surface area contributed by atoms with Gasteiger partial charge in [-0.15, -0.1) is 24.8 Å². The quantitative estimate of drug-likeness (QED) is 0.851. The molecule has 1 N–H and O–H groups in total. The molecule has 1 aromatic carbocycles. The first-order chi connectivity index (χ1) is 10.8. The van der Waals surface area contributed by atoms with Crippen molar-refractivity contribution < 1.29 is 4.39 Å². The summed E-state index contributed by atoms with van der Waals surface area (Å²) in [5.74, 6) is -0.169. The monoisotopic (exact) mass is 373 g/mol. The molecule has 1 aliphatic rings. The van der Waals surface area contributed by atoms with Gasteiger partial charge < -0.3 is 5.32 Å². The van der Waals surface area contributed by atoms with E-state index in [0.29, 0.717) is 6.04 Å². The van der Waals surface area contributed by atoms with Crippen LogP contribution in [0.15, 0.2) is 30.5 Å². The molecule has 0 saturated carbocycles. The van der Waals surface area contributed by atoms with E-state index in [1.807, 2.05) is 12.1 Å². The third-order valence-electron chi connectivity index (χ3n) is 4.46. The molecule has 0 amide bonds. The zero-order valence-electron chi connectivity index (χ0n) is 14.0. The molecule has 1 aromatic heterocycles. The first-order valence-electron chi connectivity index (χ1n) is 8.26. The standard InChI is InChI=1S/C18H24FN3.2ClH/c1-2-10-22(17-5-8-20-9-6-17)13-15-12-16(19)11-14-4-3-7-21-18(14)15;;/h3-4,7,11-12,17,20H,2,5-6,8-10,13H2,1H3;2*1H. The fraction of sp³-hybridized carbons (Fsp3) is 0.500. The van der Waals surface area contributed by atoms with Gasteiger partial charge in [-0.3, -0.25) is 9.88 Å². The van der Waals surface area contributed by atoms with Gasteiger partial charge in [0.15, 0.2) is 0 Å². The summed E-state index contributed by atoms with van der Waals surface area (Å²) in [6.45, 7) is 6.19. The molecule has 6 heteroatoms. The second-order valence-electron chi connectivity index (χ2n) is 6.09. The molecule has 134 valence electrons. The molecule has 24 heavy (non-hydrogen) atoms. The molecule has 0 aliphatic carbocycles. The van der Waals surface area contributed by atoms with Crippen molar-refractivity contribution in [1.29, 1.82) is 0 Å². The van der Waals surface area contributed by atoms with Gasteiger partial charge in [-0.1, -0.05) is 13.0 Å². The highest BCUT2D eigenvalue weighted by molar-refractivity contribution is 5.85. The lowest BCUT2D eigenvalue weighted by atomic mass is 10.0. The number of nitrogens with zero attached hydrogens (tertiary/aromatic N) is 2. The van der Waals surface area contributed by atoms with Gasteiger partial charge in [0.2, 0.25) is 0 Å². The number of piperidine rings is 1. The third-order valence-corrected chi connectivity index (χ3v) is 4.46. The minimum absolute atomic E-state index is 0. The molecule has 3 nitrogen and oxygen atoms in total. The Kier molecular flexibility index (Phi) is 8.92. The molecular formula is C18H26Cl2FN3. The van der Waals surface area contributed by atoms with Gasteiger partial charge in [0.25, 0.3) is 0 Å². The largest absolute Gasteiger partial charge is 0.317 e. The Bertz CT molecular complexity index is 633. The Labute approximate surface area is 155 Å². The molecule has 1 aliphatic heterocycles. The van der Waals surface area contributed by atoms with Gasteiger partial charge in [0.1, 0.15) is 5.82 Å². The van der Waals surface area contributed by atoms with E-state index in [1.54, 1.807) is 18.3 Å². The van der Waals surface area contributed by atoms with Crippen LogP contribution in [0.1, 0.15) is 31.7 Å². The van der Waals surface area contributed by atoms with Crippen LogP contribution < -0.4 is 5.32 Å². The van der Waals surface area contributed by atoms with Crippen molar-refractivity contribution in [3.8, 4) is 0 Å². The maximum atomic E-state index is 13.9. The highest BCUT2D eigenvalue weighted by atomic mass is 35.5. The summed E-state index contributed by atoms with van der Waals surface area (Å²) in [4.78, 5) is 6.98. The van der Waals surface area contributed by atoms with E-state index in [-0.39, 0.29) is 30.6 Å². The van der Waals surface area contributed by atoms with Gasteiger partial charge in [0.05, 0.1) is 5.52 Å². The van der Waals surface area contributed by atoms with Crippen molar-refractivity contribution in [2.75, 3.05) is 19.6 Å². The summed E-state index contributed by atoms with van der Waals surface area (Å²) < 4.78 is 13.9. The molecule has 3 rings (SSSR count). The van der Waals surface area contributed by atoms with Crippen molar-refractivity contribution in [1.82, 2.24) is 15.2 Å². The Morgan fingerprint density at radius 2 is 2.00 bits per heavy atom. The zero-order valence-corrected chi connectivity index (χ0v) is 15.6. The van der Waals surface area contributed by atoms with Gasteiger partial charge in [0, 0.05) is 24.2 Å². The van der Waals surface area contributed by atoms with Crippen molar-refractivity contribution in [2.24, 2.45) is 0 Å². The number of halogens is 3. The van der Waals surface area contributed by atoms with Crippen LogP contribution in [0.5, 0.6) is 0 Å². The lowest BCUT2D eigenvalue weighted by Gasteiger charge is -2.34. The van der Waals surface area contributed by atoms with E-state index in [1.165, 1.54) is 12.8 Å². The minimum Gasteiger partial charge on any atom is -0.317 e. The number of hydrogen-bond acceptors (Lipinski definition) is 3. The number of nitrogens with one attached hydrogen (secondary N) is 1. The molecule has 1 fully saturated rings. The van der Waals surface area contributed by atoms with Crippen molar-refractivity contribution in [3.63, 3.8) is 0 Å². The number of fused-ring (bicyclic) bond motifs is 1. The van der Waals surface area contributed by atoms with Crippen molar-refractivity contribution in [3.05, 3.63) is 41.8 Å². The number of rotatable bonds is 5. The number of benzene rings is 1. The van der Waals surface area contributed by atoms with Crippen LogP contribution in [0, 0.1) is 5.82 Å². The highest BCUT2D eigenvalue weighted by Crippen LogP contribution is 2.22. The first-order valence-corrected chi connectivity index (χ1v) is 8.26. The second kappa shape index (κ2) is 10.1. The normalized spacial score (nSPS) is 15.1. The molecule has 0 atom stereocenters. The van der Waals surface area contributed by atoms with Gasteiger partial charge in [-0.2, -0.15) is 0 Å². The summed E-state index contributed by atoms with van der Waals surface area (Å²) in [6, 6.07) is 7.61. The predicted octanol–water partition coefficient (Wildman–Crippen LogP) is 4.18. The van der Waals surface area contributed by atoms with E-state index in [0.717, 1.165) is 49.1 Å².